The molecule has 0 fully saturated rings. The maximum atomic E-state index is 14.2. The predicted octanol–water partition coefficient (Wildman–Crippen LogP) is 13.7. The van der Waals surface area contributed by atoms with E-state index in [4.69, 9.17) is 0 Å². The first-order valence-corrected chi connectivity index (χ1v) is 21.5. The molecule has 5 aromatic rings. The molecule has 5 aromatic carbocycles. The van der Waals surface area contributed by atoms with Gasteiger partial charge in [-0.15, -0.1) is 0 Å². The van der Waals surface area contributed by atoms with Gasteiger partial charge in [-0.05, 0) is 47.3 Å². The Bertz CT molecular complexity index is 2250. The Morgan fingerprint density at radius 2 is 0.557 bits per heavy atom. The lowest BCUT2D eigenvalue weighted by atomic mass is 9.12. The zero-order valence-corrected chi connectivity index (χ0v) is 36.7. The van der Waals surface area contributed by atoms with Crippen LogP contribution in [0.2, 0.25) is 0 Å². The molecular formula is C42H24BBrF24OS. The van der Waals surface area contributed by atoms with Gasteiger partial charge in [-0.2, -0.15) is 127 Å². The molecule has 1 nitrogen and oxygen atoms in total. The van der Waals surface area contributed by atoms with E-state index in [-0.39, 0.29) is 16.7 Å². The molecule has 0 bridgehead atoms. The molecule has 0 amide bonds. The van der Waals surface area contributed by atoms with Crippen LogP contribution in [0.3, 0.4) is 0 Å². The van der Waals surface area contributed by atoms with Gasteiger partial charge in [-0.3, -0.25) is 4.79 Å². The third-order valence-corrected chi connectivity index (χ3v) is 11.4. The van der Waals surface area contributed by atoms with Gasteiger partial charge in [0.25, 0.3) is 0 Å². The smallest absolute Gasteiger partial charge is 0.289 e. The maximum Gasteiger partial charge on any atom is 0.416 e. The van der Waals surface area contributed by atoms with Gasteiger partial charge in [0.15, 0.2) is 5.75 Å². The van der Waals surface area contributed by atoms with Gasteiger partial charge in [0.05, 0.1) is 57.0 Å². The van der Waals surface area contributed by atoms with Crippen LogP contribution in [0, 0.1) is 0 Å². The first kappa shape index (κ1) is 57.6. The molecule has 0 N–H and O–H groups in total. The van der Waals surface area contributed by atoms with Crippen molar-refractivity contribution in [1.29, 1.82) is 0 Å². The zero-order chi connectivity index (χ0) is 53.8. The van der Waals surface area contributed by atoms with Crippen LogP contribution in [-0.2, 0) is 60.3 Å². The van der Waals surface area contributed by atoms with Crippen molar-refractivity contribution in [2.24, 2.45) is 0 Å². The van der Waals surface area contributed by atoms with Crippen molar-refractivity contribution in [3.05, 3.63) is 152 Å². The van der Waals surface area contributed by atoms with Crippen LogP contribution in [0.15, 0.2) is 102 Å². The molecule has 0 saturated heterocycles. The number of benzene rings is 5. The molecule has 28 heteroatoms. The van der Waals surface area contributed by atoms with Gasteiger partial charge in [0, 0.05) is 10.0 Å². The summed E-state index contributed by atoms with van der Waals surface area (Å²) in [7, 11) is 0.187. The molecule has 0 aliphatic rings. The van der Waals surface area contributed by atoms with Crippen LogP contribution in [0.1, 0.15) is 54.9 Å². The number of ketones is 1. The lowest BCUT2D eigenvalue weighted by Crippen LogP contribution is -2.75. The second-order valence-corrected chi connectivity index (χ2v) is 18.5. The standard InChI is InChI=1S/C32H12BF24.C10H12BrOS/c34-25(35,36)13-1-14(26(37,38)39)6-21(5-13)33(22-7-15(27(40,41)42)2-16(8-22)28(43,44)45,23-9-17(29(46,47)48)3-18(10-23)30(49,50)51)24-11-19(31(52,53)54)4-20(12-24)32(55,56)57;1-13(2)7-10(12)8-3-5-9(11)6-4-8/h1-12H;3-6H,7H2,1-2H3/q-1;+1. The summed E-state index contributed by atoms with van der Waals surface area (Å²) in [5.41, 5.74) is -29.4. The number of rotatable bonds is 7. The van der Waals surface area contributed by atoms with Gasteiger partial charge in [-0.1, -0.05) is 76.6 Å². The lowest BCUT2D eigenvalue weighted by molar-refractivity contribution is -0.144. The summed E-state index contributed by atoms with van der Waals surface area (Å²) in [5.74, 6) is 0.891. The van der Waals surface area contributed by atoms with Crippen molar-refractivity contribution in [3.63, 3.8) is 0 Å². The van der Waals surface area contributed by atoms with Gasteiger partial charge >= 0.3 is 49.4 Å². The minimum Gasteiger partial charge on any atom is -0.289 e. The Balaban J connectivity index is 0.000000707. The maximum absolute atomic E-state index is 14.2. The molecule has 0 unspecified atom stereocenters. The first-order valence-electron chi connectivity index (χ1n) is 18.5. The summed E-state index contributed by atoms with van der Waals surface area (Å²) in [5, 5.41) is 0. The summed E-state index contributed by atoms with van der Waals surface area (Å²) in [6.45, 7) is 0. The van der Waals surface area contributed by atoms with E-state index in [2.05, 4.69) is 28.4 Å². The van der Waals surface area contributed by atoms with Crippen LogP contribution in [0.4, 0.5) is 105 Å². The van der Waals surface area contributed by atoms with Gasteiger partial charge in [0.2, 0.25) is 5.78 Å². The van der Waals surface area contributed by atoms with E-state index in [1.807, 2.05) is 24.3 Å². The number of halogens is 25. The second kappa shape index (κ2) is 19.5. The summed E-state index contributed by atoms with van der Waals surface area (Å²) >= 11 is 3.34. The average Bonchev–Trinajstić information content (AvgIpc) is 3.18. The Morgan fingerprint density at radius 3 is 0.714 bits per heavy atom. The minimum absolute atomic E-state index is 0.187. The Kier molecular flexibility index (Phi) is 16.1. The quantitative estimate of drug-likeness (QED) is 0.0687. The molecule has 0 radical (unpaired) electrons. The number of carbonyl (C=O) groups is 1. The van der Waals surface area contributed by atoms with Crippen LogP contribution < -0.4 is 21.9 Å². The number of alkyl halides is 24. The Hall–Kier alpha value is -5.02. The highest BCUT2D eigenvalue weighted by Gasteiger charge is 2.47. The van der Waals surface area contributed by atoms with E-state index in [9.17, 15) is 110 Å². The van der Waals surface area contributed by atoms with E-state index in [1.165, 1.54) is 0 Å². The molecule has 0 aromatic heterocycles. The highest BCUT2D eigenvalue weighted by molar-refractivity contribution is 9.10. The molecule has 382 valence electrons. The molecule has 0 saturated carbocycles. The van der Waals surface area contributed by atoms with E-state index in [1.54, 1.807) is 0 Å². The van der Waals surface area contributed by atoms with E-state index in [0.717, 1.165) is 10.0 Å². The number of carbonyl (C=O) groups excluding carboxylic acids is 1. The summed E-state index contributed by atoms with van der Waals surface area (Å²) < 4.78 is 342. The molecule has 5 rings (SSSR count). The van der Waals surface area contributed by atoms with Crippen molar-refractivity contribution in [2.45, 2.75) is 49.4 Å². The fraction of sp³-hybridized carbons (Fsp3) is 0.262. The monoisotopic (exact) mass is 1120 g/mol. The van der Waals surface area contributed by atoms with Crippen LogP contribution in [0.25, 0.3) is 0 Å². The first-order chi connectivity index (χ1) is 31.4. The largest absolute Gasteiger partial charge is 0.416 e. The van der Waals surface area contributed by atoms with Crippen molar-refractivity contribution >= 4 is 60.6 Å². The highest BCUT2D eigenvalue weighted by Crippen LogP contribution is 2.41. The Labute approximate surface area is 389 Å². The molecule has 0 heterocycles. The number of hydrogen-bond acceptors (Lipinski definition) is 1. The highest BCUT2D eigenvalue weighted by atomic mass is 79.9. The fourth-order valence-corrected chi connectivity index (χ4v) is 8.01. The third-order valence-electron chi connectivity index (χ3n) is 10.0. The molecule has 0 aliphatic heterocycles. The van der Waals surface area contributed by atoms with Gasteiger partial charge in [-0.25, -0.2) is 0 Å². The van der Waals surface area contributed by atoms with Crippen molar-refractivity contribution in [1.82, 2.24) is 0 Å². The van der Waals surface area contributed by atoms with Gasteiger partial charge in [0.1, 0.15) is 6.15 Å². The van der Waals surface area contributed by atoms with E-state index in [0.29, 0.717) is 5.75 Å². The topological polar surface area (TPSA) is 17.1 Å². The van der Waals surface area contributed by atoms with Crippen LogP contribution >= 0.6 is 15.9 Å². The van der Waals surface area contributed by atoms with Crippen LogP contribution in [0.5, 0.6) is 0 Å². The number of hydrogen-bond donors (Lipinski definition) is 0. The van der Waals surface area contributed by atoms with Crippen molar-refractivity contribution < 1.29 is 110 Å². The molecule has 0 aliphatic carbocycles. The van der Waals surface area contributed by atoms with E-state index >= 15 is 0 Å². The average molecular weight is 1120 g/mol. The SMILES string of the molecule is C[S+](C)CC(=O)c1ccc(Br)cc1.FC(F)(F)c1cc([B-](c2cc(C(F)(F)F)cc(C(F)(F)F)c2)(c2cc(C(F)(F)F)cc(C(F)(F)F)c2)c2cc(C(F)(F)F)cc(C(F)(F)F)c2)cc(C(F)(F)F)c1. The normalized spacial score (nSPS) is 13.6. The molecule has 70 heavy (non-hydrogen) atoms. The van der Waals surface area contributed by atoms with E-state index < -0.39 is 195 Å². The summed E-state index contributed by atoms with van der Waals surface area (Å²) in [6, 6.07) is -1.29. The summed E-state index contributed by atoms with van der Waals surface area (Å²) in [6.07, 6.45) is -50.6. The van der Waals surface area contributed by atoms with Crippen LogP contribution in [-0.4, -0.2) is 30.2 Å². The van der Waals surface area contributed by atoms with Crippen molar-refractivity contribution in [2.75, 3.05) is 18.3 Å². The van der Waals surface area contributed by atoms with Gasteiger partial charge < -0.3 is 0 Å². The zero-order valence-electron chi connectivity index (χ0n) is 34.3. The summed E-state index contributed by atoms with van der Waals surface area (Å²) in [4.78, 5) is 11.6. The minimum atomic E-state index is -6.13. The predicted molar refractivity (Wildman–Crippen MR) is 213 cm³/mol. The molecular weight excluding hydrogens is 1100 g/mol. The second-order valence-electron chi connectivity index (χ2n) is 15.3. The fourth-order valence-electron chi connectivity index (χ4n) is 7.05. The van der Waals surface area contributed by atoms with Crippen molar-refractivity contribution in [3.8, 4) is 0 Å². The number of Topliss-reactive ketones (excluding diaryl/α,β-unsaturated/α-hetero) is 1. The third kappa shape index (κ3) is 13.7. The molecule has 0 spiro atoms. The Morgan fingerprint density at radius 1 is 0.371 bits per heavy atom. The molecule has 0 atom stereocenters. The lowest BCUT2D eigenvalue weighted by Gasteiger charge is -2.46.